The van der Waals surface area contributed by atoms with Gasteiger partial charge in [-0.25, -0.2) is 4.79 Å². The van der Waals surface area contributed by atoms with Crippen LogP contribution in [0.25, 0.3) is 16.6 Å². The molecule has 1 heterocycles. The van der Waals surface area contributed by atoms with E-state index in [1.54, 1.807) is 12.1 Å². The second kappa shape index (κ2) is 10.1. The Morgan fingerprint density at radius 1 is 1.00 bits per heavy atom. The predicted molar refractivity (Wildman–Crippen MR) is 129 cm³/mol. The van der Waals surface area contributed by atoms with Gasteiger partial charge in [0.05, 0.1) is 17.7 Å². The van der Waals surface area contributed by atoms with Crippen molar-refractivity contribution in [3.05, 3.63) is 95.7 Å². The average Bonchev–Trinajstić information content (AvgIpc) is 3.21. The van der Waals surface area contributed by atoms with E-state index in [4.69, 9.17) is 4.74 Å². The molecule has 0 saturated heterocycles. The molecule has 0 aliphatic carbocycles. The standard InChI is InChI=1S/C27H26N2O4/c1-2-19-8-11-22(12-9-19)28-26(30)18-33-15-14-21-17-29(23-6-4-3-5-7-23)25-13-10-20(27(31)32)16-24(21)25/h3-13,16-17H,2,14-15,18H2,1H3,(H,28,30)(H,31,32). The van der Waals surface area contributed by atoms with Crippen LogP contribution in [0.5, 0.6) is 0 Å². The van der Waals surface area contributed by atoms with Crippen LogP contribution in [-0.4, -0.2) is 34.8 Å². The lowest BCUT2D eigenvalue weighted by molar-refractivity contribution is -0.120. The highest BCUT2D eigenvalue weighted by Gasteiger charge is 2.13. The van der Waals surface area contributed by atoms with Crippen molar-refractivity contribution in [1.82, 2.24) is 4.57 Å². The molecule has 0 radical (unpaired) electrons. The normalized spacial score (nSPS) is 10.9. The predicted octanol–water partition coefficient (Wildman–Crippen LogP) is 5.09. The summed E-state index contributed by atoms with van der Waals surface area (Å²) in [6, 6.07) is 22.8. The maximum Gasteiger partial charge on any atom is 0.335 e. The summed E-state index contributed by atoms with van der Waals surface area (Å²) in [6.45, 7) is 2.38. The lowest BCUT2D eigenvalue weighted by atomic mass is 10.1. The van der Waals surface area contributed by atoms with E-state index in [0.29, 0.717) is 13.0 Å². The SMILES string of the molecule is CCc1ccc(NC(=O)COCCc2cn(-c3ccccc3)c3ccc(C(=O)O)cc23)cc1. The monoisotopic (exact) mass is 442 g/mol. The number of aromatic carboxylic acids is 1. The second-order valence-corrected chi connectivity index (χ2v) is 7.80. The molecule has 0 aliphatic heterocycles. The van der Waals surface area contributed by atoms with Crippen molar-refractivity contribution < 1.29 is 19.4 Å². The molecular weight excluding hydrogens is 416 g/mol. The Kier molecular flexibility index (Phi) is 6.86. The molecule has 0 spiro atoms. The molecule has 168 valence electrons. The number of nitrogens with zero attached hydrogens (tertiary/aromatic N) is 1. The fourth-order valence-corrected chi connectivity index (χ4v) is 3.80. The van der Waals surface area contributed by atoms with Gasteiger partial charge in [0.15, 0.2) is 0 Å². The molecule has 6 heteroatoms. The number of ether oxygens (including phenoxy) is 1. The van der Waals surface area contributed by atoms with Crippen molar-refractivity contribution >= 4 is 28.5 Å². The molecule has 3 aromatic carbocycles. The van der Waals surface area contributed by atoms with Crippen molar-refractivity contribution in [3.63, 3.8) is 0 Å². The first-order chi connectivity index (χ1) is 16.0. The molecule has 0 unspecified atom stereocenters. The number of para-hydroxylation sites is 1. The summed E-state index contributed by atoms with van der Waals surface area (Å²) in [5.74, 6) is -1.17. The van der Waals surface area contributed by atoms with Crippen molar-refractivity contribution in [1.29, 1.82) is 0 Å². The van der Waals surface area contributed by atoms with E-state index in [2.05, 4.69) is 12.2 Å². The summed E-state index contributed by atoms with van der Waals surface area (Å²) < 4.78 is 7.67. The Hall–Kier alpha value is -3.90. The number of carboxylic acids is 1. The molecule has 2 N–H and O–H groups in total. The van der Waals surface area contributed by atoms with Gasteiger partial charge in [-0.15, -0.1) is 0 Å². The molecule has 0 aliphatic rings. The van der Waals surface area contributed by atoms with E-state index >= 15 is 0 Å². The van der Waals surface area contributed by atoms with Gasteiger partial charge >= 0.3 is 5.97 Å². The molecule has 0 atom stereocenters. The van der Waals surface area contributed by atoms with Crippen molar-refractivity contribution in [2.24, 2.45) is 0 Å². The van der Waals surface area contributed by atoms with Gasteiger partial charge in [-0.3, -0.25) is 4.79 Å². The van der Waals surface area contributed by atoms with E-state index in [1.165, 1.54) is 5.56 Å². The summed E-state index contributed by atoms with van der Waals surface area (Å²) in [6.07, 6.45) is 3.51. The Morgan fingerprint density at radius 2 is 1.76 bits per heavy atom. The van der Waals surface area contributed by atoms with Crippen LogP contribution in [0.4, 0.5) is 5.69 Å². The number of aromatic nitrogens is 1. The number of amides is 1. The number of hydrogen-bond donors (Lipinski definition) is 2. The Bertz CT molecular complexity index is 1260. The zero-order valence-corrected chi connectivity index (χ0v) is 18.5. The first-order valence-corrected chi connectivity index (χ1v) is 10.9. The number of rotatable bonds is 9. The van der Waals surface area contributed by atoms with Gasteiger partial charge in [0, 0.05) is 23.0 Å². The maximum absolute atomic E-state index is 12.2. The summed E-state index contributed by atoms with van der Waals surface area (Å²) in [4.78, 5) is 23.7. The molecule has 0 saturated carbocycles. The third-order valence-corrected chi connectivity index (χ3v) is 5.56. The summed E-state index contributed by atoms with van der Waals surface area (Å²) >= 11 is 0. The Labute approximate surface area is 192 Å². The third kappa shape index (κ3) is 5.30. The maximum atomic E-state index is 12.2. The summed E-state index contributed by atoms with van der Waals surface area (Å²) in [7, 11) is 0. The minimum absolute atomic E-state index is 0.0484. The van der Waals surface area contributed by atoms with Gasteiger partial charge in [0.1, 0.15) is 6.61 Å². The fourth-order valence-electron chi connectivity index (χ4n) is 3.80. The zero-order chi connectivity index (χ0) is 23.2. The Morgan fingerprint density at radius 3 is 2.45 bits per heavy atom. The van der Waals surface area contributed by atoms with E-state index in [0.717, 1.165) is 34.3 Å². The van der Waals surface area contributed by atoms with Crippen LogP contribution in [0, 0.1) is 0 Å². The summed E-state index contributed by atoms with van der Waals surface area (Å²) in [5, 5.41) is 13.1. The van der Waals surface area contributed by atoms with Gasteiger partial charge in [-0.2, -0.15) is 0 Å². The molecule has 33 heavy (non-hydrogen) atoms. The zero-order valence-electron chi connectivity index (χ0n) is 18.5. The average molecular weight is 443 g/mol. The second-order valence-electron chi connectivity index (χ2n) is 7.80. The summed E-state index contributed by atoms with van der Waals surface area (Å²) in [5.41, 5.74) is 5.08. The van der Waals surface area contributed by atoms with E-state index < -0.39 is 5.97 Å². The number of hydrogen-bond acceptors (Lipinski definition) is 3. The van der Waals surface area contributed by atoms with Crippen LogP contribution in [0.1, 0.15) is 28.4 Å². The molecule has 4 rings (SSSR count). The van der Waals surface area contributed by atoms with Gasteiger partial charge in [0.2, 0.25) is 5.91 Å². The number of fused-ring (bicyclic) bond motifs is 1. The Balaban J connectivity index is 1.43. The lowest BCUT2D eigenvalue weighted by Crippen LogP contribution is -2.19. The van der Waals surface area contributed by atoms with E-state index in [-0.39, 0.29) is 18.1 Å². The van der Waals surface area contributed by atoms with Gasteiger partial charge in [-0.1, -0.05) is 37.3 Å². The van der Waals surface area contributed by atoms with E-state index in [9.17, 15) is 14.7 Å². The highest BCUT2D eigenvalue weighted by molar-refractivity contribution is 5.95. The molecule has 0 fully saturated rings. The van der Waals surface area contributed by atoms with Crippen molar-refractivity contribution in [2.45, 2.75) is 19.8 Å². The number of aryl methyl sites for hydroxylation is 1. The smallest absolute Gasteiger partial charge is 0.335 e. The van der Waals surface area contributed by atoms with Gasteiger partial charge < -0.3 is 19.7 Å². The molecular formula is C27H26N2O4. The highest BCUT2D eigenvalue weighted by Crippen LogP contribution is 2.27. The fraction of sp³-hybridized carbons (Fsp3) is 0.185. The van der Waals surface area contributed by atoms with Crippen molar-refractivity contribution in [3.8, 4) is 5.69 Å². The minimum Gasteiger partial charge on any atom is -0.478 e. The third-order valence-electron chi connectivity index (χ3n) is 5.56. The first-order valence-electron chi connectivity index (χ1n) is 10.9. The number of carboxylic acid groups (broad SMARTS) is 1. The first kappa shape index (κ1) is 22.3. The molecule has 1 amide bonds. The number of carbonyl (C=O) groups is 2. The van der Waals surface area contributed by atoms with Gasteiger partial charge in [-0.05, 0) is 66.4 Å². The van der Waals surface area contributed by atoms with Crippen LogP contribution in [0.3, 0.4) is 0 Å². The molecule has 6 nitrogen and oxygen atoms in total. The number of anilines is 1. The number of benzene rings is 3. The largest absolute Gasteiger partial charge is 0.478 e. The van der Waals surface area contributed by atoms with Crippen molar-refractivity contribution in [2.75, 3.05) is 18.5 Å². The van der Waals surface area contributed by atoms with Crippen LogP contribution in [0.2, 0.25) is 0 Å². The topological polar surface area (TPSA) is 80.6 Å². The lowest BCUT2D eigenvalue weighted by Gasteiger charge is -2.07. The highest BCUT2D eigenvalue weighted by atomic mass is 16.5. The van der Waals surface area contributed by atoms with Crippen LogP contribution in [-0.2, 0) is 22.4 Å². The van der Waals surface area contributed by atoms with Gasteiger partial charge in [0.25, 0.3) is 0 Å². The molecule has 0 bridgehead atoms. The quantitative estimate of drug-likeness (QED) is 0.354. The molecule has 4 aromatic rings. The van der Waals surface area contributed by atoms with Crippen LogP contribution in [0.15, 0.2) is 79.0 Å². The van der Waals surface area contributed by atoms with E-state index in [1.807, 2.05) is 71.4 Å². The molecule has 1 aromatic heterocycles. The minimum atomic E-state index is -0.963. The number of carbonyl (C=O) groups excluding carboxylic acids is 1. The number of nitrogens with one attached hydrogen (secondary N) is 1. The van der Waals surface area contributed by atoms with Crippen LogP contribution < -0.4 is 5.32 Å². The van der Waals surface area contributed by atoms with Crippen LogP contribution >= 0.6 is 0 Å².